The molecule has 30 heavy (non-hydrogen) atoms. The number of ether oxygens (including phenoxy) is 1. The minimum atomic E-state index is -0.885. The Morgan fingerprint density at radius 1 is 1.07 bits per heavy atom. The Hall–Kier alpha value is -3.35. The van der Waals surface area contributed by atoms with E-state index in [-0.39, 0.29) is 37.9 Å². The fourth-order valence-corrected chi connectivity index (χ4v) is 4.12. The van der Waals surface area contributed by atoms with Gasteiger partial charge in [-0.05, 0) is 29.2 Å². The Balaban J connectivity index is 1.29. The summed E-state index contributed by atoms with van der Waals surface area (Å²) in [5.41, 5.74) is 4.60. The summed E-state index contributed by atoms with van der Waals surface area (Å²) >= 11 is 0. The molecule has 2 amide bonds. The number of hydrogen-bond acceptors (Lipinski definition) is 4. The lowest BCUT2D eigenvalue weighted by Gasteiger charge is -2.37. The molecule has 2 aromatic carbocycles. The van der Waals surface area contributed by atoms with Gasteiger partial charge in [-0.2, -0.15) is 0 Å². The van der Waals surface area contributed by atoms with Gasteiger partial charge < -0.3 is 20.1 Å². The first kappa shape index (κ1) is 19.9. The summed E-state index contributed by atoms with van der Waals surface area (Å²) in [5, 5.41) is 11.6. The van der Waals surface area contributed by atoms with Crippen LogP contribution in [-0.2, 0) is 14.3 Å². The number of carboxylic acid groups (broad SMARTS) is 1. The molecule has 1 aliphatic carbocycles. The van der Waals surface area contributed by atoms with Crippen LogP contribution in [0.1, 0.15) is 30.4 Å². The molecule has 0 aromatic heterocycles. The van der Waals surface area contributed by atoms with Gasteiger partial charge >= 0.3 is 12.1 Å². The number of alkyl carbamates (subject to hydrolysis) is 1. The van der Waals surface area contributed by atoms with Gasteiger partial charge in [0.05, 0.1) is 5.92 Å². The van der Waals surface area contributed by atoms with E-state index in [4.69, 9.17) is 9.84 Å². The van der Waals surface area contributed by atoms with Crippen molar-refractivity contribution in [1.29, 1.82) is 0 Å². The van der Waals surface area contributed by atoms with E-state index in [1.807, 2.05) is 24.3 Å². The standard InChI is InChI=1S/C23H24N2O5/c1-14(10-21(26)25-11-15(12-25)22(27)28)24-23(29)30-13-20-18-8-4-2-6-16(18)17-7-3-5-9-19(17)20/h2-9,14-15,20H,10-13H2,1H3,(H,24,29)(H,27,28)/t14-/m1/s1. The van der Waals surface area contributed by atoms with E-state index in [1.165, 1.54) is 4.90 Å². The van der Waals surface area contributed by atoms with E-state index in [1.54, 1.807) is 6.92 Å². The van der Waals surface area contributed by atoms with Gasteiger partial charge in [-0.15, -0.1) is 0 Å². The molecule has 2 aromatic rings. The highest BCUT2D eigenvalue weighted by Crippen LogP contribution is 2.44. The summed E-state index contributed by atoms with van der Waals surface area (Å²) < 4.78 is 5.49. The van der Waals surface area contributed by atoms with E-state index in [0.29, 0.717) is 0 Å². The van der Waals surface area contributed by atoms with Crippen LogP contribution in [0.15, 0.2) is 48.5 Å². The zero-order chi connectivity index (χ0) is 21.3. The number of likely N-dealkylation sites (tertiary alicyclic amines) is 1. The molecule has 7 nitrogen and oxygen atoms in total. The fourth-order valence-electron chi connectivity index (χ4n) is 4.12. The number of aliphatic carboxylic acids is 1. The third-order valence-corrected chi connectivity index (χ3v) is 5.77. The van der Waals surface area contributed by atoms with Crippen LogP contribution in [0.25, 0.3) is 11.1 Å². The number of carboxylic acids is 1. The maximum atomic E-state index is 12.3. The zero-order valence-corrected chi connectivity index (χ0v) is 16.7. The number of carbonyl (C=O) groups excluding carboxylic acids is 2. The van der Waals surface area contributed by atoms with E-state index in [0.717, 1.165) is 22.3 Å². The number of nitrogens with zero attached hydrogens (tertiary/aromatic N) is 1. The van der Waals surface area contributed by atoms with Crippen molar-refractivity contribution < 1.29 is 24.2 Å². The van der Waals surface area contributed by atoms with Crippen LogP contribution in [0.5, 0.6) is 0 Å². The van der Waals surface area contributed by atoms with Crippen molar-refractivity contribution in [3.63, 3.8) is 0 Å². The van der Waals surface area contributed by atoms with Crippen molar-refractivity contribution in [3.05, 3.63) is 59.7 Å². The van der Waals surface area contributed by atoms with Crippen molar-refractivity contribution in [1.82, 2.24) is 10.2 Å². The Labute approximate surface area is 174 Å². The first-order valence-electron chi connectivity index (χ1n) is 10.1. The summed E-state index contributed by atoms with van der Waals surface area (Å²) in [7, 11) is 0. The van der Waals surface area contributed by atoms with Gasteiger partial charge in [0.15, 0.2) is 0 Å². The topological polar surface area (TPSA) is 95.9 Å². The predicted octanol–water partition coefficient (Wildman–Crippen LogP) is 2.85. The molecule has 1 fully saturated rings. The third-order valence-electron chi connectivity index (χ3n) is 5.77. The molecular weight excluding hydrogens is 384 g/mol. The van der Waals surface area contributed by atoms with Gasteiger partial charge in [-0.3, -0.25) is 9.59 Å². The molecule has 0 spiro atoms. The second-order valence-corrected chi connectivity index (χ2v) is 7.91. The van der Waals surface area contributed by atoms with E-state index >= 15 is 0 Å². The molecule has 0 saturated carbocycles. The Kier molecular flexibility index (Phi) is 5.44. The maximum Gasteiger partial charge on any atom is 0.407 e. The van der Waals surface area contributed by atoms with Gasteiger partial charge in [-0.1, -0.05) is 48.5 Å². The molecule has 0 unspecified atom stereocenters. The lowest BCUT2D eigenvalue weighted by atomic mass is 9.98. The SMILES string of the molecule is C[C@H](CC(=O)N1CC(C(=O)O)C1)NC(=O)OCC1c2ccccc2-c2ccccc21. The van der Waals surface area contributed by atoms with Crippen LogP contribution < -0.4 is 5.32 Å². The average molecular weight is 408 g/mol. The second kappa shape index (κ2) is 8.18. The molecule has 0 radical (unpaired) electrons. The van der Waals surface area contributed by atoms with Crippen molar-refractivity contribution in [3.8, 4) is 11.1 Å². The minimum Gasteiger partial charge on any atom is -0.481 e. The molecule has 2 N–H and O–H groups in total. The van der Waals surface area contributed by atoms with Crippen molar-refractivity contribution >= 4 is 18.0 Å². The van der Waals surface area contributed by atoms with Crippen molar-refractivity contribution in [2.75, 3.05) is 19.7 Å². The normalized spacial score (nSPS) is 16.2. The molecule has 1 atom stereocenters. The van der Waals surface area contributed by atoms with Crippen LogP contribution in [0.4, 0.5) is 4.79 Å². The third kappa shape index (κ3) is 3.87. The molecule has 1 saturated heterocycles. The number of hydrogen-bond donors (Lipinski definition) is 2. The highest BCUT2D eigenvalue weighted by molar-refractivity contribution is 5.82. The molecule has 7 heteroatoms. The first-order valence-corrected chi connectivity index (χ1v) is 10.1. The molecule has 156 valence electrons. The molecular formula is C23H24N2O5. The molecule has 1 aliphatic heterocycles. The maximum absolute atomic E-state index is 12.3. The van der Waals surface area contributed by atoms with Gasteiger partial charge in [0.25, 0.3) is 0 Å². The second-order valence-electron chi connectivity index (χ2n) is 7.91. The largest absolute Gasteiger partial charge is 0.481 e. The van der Waals surface area contributed by atoms with Crippen LogP contribution in [0, 0.1) is 5.92 Å². The highest BCUT2D eigenvalue weighted by Gasteiger charge is 2.36. The summed E-state index contributed by atoms with van der Waals surface area (Å²) in [4.78, 5) is 36.8. The predicted molar refractivity (Wildman–Crippen MR) is 110 cm³/mol. The quantitative estimate of drug-likeness (QED) is 0.766. The fraction of sp³-hybridized carbons (Fsp3) is 0.348. The Bertz CT molecular complexity index is 938. The number of rotatable bonds is 6. The molecule has 1 heterocycles. The van der Waals surface area contributed by atoms with Gasteiger partial charge in [0.2, 0.25) is 5.91 Å². The number of amides is 2. The number of fused-ring (bicyclic) bond motifs is 3. The average Bonchev–Trinajstić information content (AvgIpc) is 2.98. The van der Waals surface area contributed by atoms with Gasteiger partial charge in [0.1, 0.15) is 6.61 Å². The number of benzene rings is 2. The monoisotopic (exact) mass is 408 g/mol. The lowest BCUT2D eigenvalue weighted by Crippen LogP contribution is -2.54. The first-order chi connectivity index (χ1) is 14.4. The number of nitrogens with one attached hydrogen (secondary N) is 1. The molecule has 0 bridgehead atoms. The van der Waals surface area contributed by atoms with Gasteiger partial charge in [-0.25, -0.2) is 4.79 Å². The minimum absolute atomic E-state index is 0.0193. The van der Waals surface area contributed by atoms with Crippen LogP contribution in [0.2, 0.25) is 0 Å². The Morgan fingerprint density at radius 3 is 2.20 bits per heavy atom. The smallest absolute Gasteiger partial charge is 0.407 e. The van der Waals surface area contributed by atoms with Gasteiger partial charge in [0, 0.05) is 31.5 Å². The van der Waals surface area contributed by atoms with Crippen molar-refractivity contribution in [2.45, 2.75) is 25.3 Å². The van der Waals surface area contributed by atoms with E-state index in [2.05, 4.69) is 29.6 Å². The highest BCUT2D eigenvalue weighted by atomic mass is 16.5. The summed E-state index contributed by atoms with van der Waals surface area (Å²) in [6.45, 7) is 2.40. The summed E-state index contributed by atoms with van der Waals surface area (Å²) in [6, 6.07) is 15.8. The van der Waals surface area contributed by atoms with E-state index < -0.39 is 24.0 Å². The van der Waals surface area contributed by atoms with Crippen LogP contribution in [0.3, 0.4) is 0 Å². The van der Waals surface area contributed by atoms with Crippen LogP contribution >= 0.6 is 0 Å². The van der Waals surface area contributed by atoms with Crippen molar-refractivity contribution in [2.24, 2.45) is 5.92 Å². The number of carbonyl (C=O) groups is 3. The molecule has 4 rings (SSSR count). The van der Waals surface area contributed by atoms with E-state index in [9.17, 15) is 14.4 Å². The zero-order valence-electron chi connectivity index (χ0n) is 16.7. The summed E-state index contributed by atoms with van der Waals surface area (Å²) in [6.07, 6.45) is -0.458. The molecule has 2 aliphatic rings. The lowest BCUT2D eigenvalue weighted by molar-refractivity contribution is -0.152. The van der Waals surface area contributed by atoms with Crippen LogP contribution in [-0.4, -0.2) is 53.7 Å². The summed E-state index contributed by atoms with van der Waals surface area (Å²) in [5.74, 6) is -1.56. The Morgan fingerprint density at radius 2 is 1.63 bits per heavy atom.